The van der Waals surface area contributed by atoms with Gasteiger partial charge in [-0.05, 0) is 53.6 Å². The highest BCUT2D eigenvalue weighted by Gasteiger charge is 2.43. The molecule has 1 heterocycles. The van der Waals surface area contributed by atoms with Gasteiger partial charge in [0.15, 0.2) is 0 Å². The van der Waals surface area contributed by atoms with E-state index in [0.29, 0.717) is 22.6 Å². The zero-order valence-corrected chi connectivity index (χ0v) is 18.5. The van der Waals surface area contributed by atoms with Gasteiger partial charge in [-0.2, -0.15) is 0 Å². The van der Waals surface area contributed by atoms with Gasteiger partial charge in [-0.15, -0.1) is 6.42 Å². The minimum atomic E-state index is -1.33. The molecule has 1 aliphatic rings. The van der Waals surface area contributed by atoms with Crippen molar-refractivity contribution < 1.29 is 24.8 Å². The number of aliphatic hydroxyl groups is 3. The van der Waals surface area contributed by atoms with Gasteiger partial charge in [0.05, 0.1) is 12.7 Å². The van der Waals surface area contributed by atoms with E-state index in [-0.39, 0.29) is 13.2 Å². The Morgan fingerprint density at radius 2 is 1.71 bits per heavy atom. The molecular formula is C25H29ClO5. The fraction of sp³-hybridized carbons (Fsp3) is 0.440. The number of halogens is 1. The third-order valence-electron chi connectivity index (χ3n) is 5.74. The molecular weight excluding hydrogens is 416 g/mol. The van der Waals surface area contributed by atoms with Crippen LogP contribution in [-0.2, 0) is 28.9 Å². The molecule has 0 saturated carbocycles. The van der Waals surface area contributed by atoms with Crippen LogP contribution in [0, 0.1) is 12.3 Å². The molecule has 1 saturated heterocycles. The molecule has 3 rings (SSSR count). The van der Waals surface area contributed by atoms with Crippen molar-refractivity contribution in [3.8, 4) is 12.3 Å². The molecule has 0 bridgehead atoms. The summed E-state index contributed by atoms with van der Waals surface area (Å²) in [6.45, 7) is 4.09. The molecule has 0 spiro atoms. The van der Waals surface area contributed by atoms with Gasteiger partial charge in [0.2, 0.25) is 0 Å². The highest BCUT2D eigenvalue weighted by Crippen LogP contribution is 2.37. The molecule has 0 radical (unpaired) electrons. The first-order valence-corrected chi connectivity index (χ1v) is 10.8. The minimum Gasteiger partial charge on any atom is -0.388 e. The molecule has 1 fully saturated rings. The van der Waals surface area contributed by atoms with E-state index in [4.69, 9.17) is 27.5 Å². The standard InChI is InChI=1S/C25H29ClO5/c1-4-10-30-14-19-13-21(26)18(11-17-8-6-16(5-2)7-9-17)12-20(19)25-24(29)23(28)22(27)15(3)31-25/h1,6-9,12-13,15,22-25,27-29H,5,10-11,14H2,2-3H3/t15?,22?,23-,24+,25-/m1/s1. The van der Waals surface area contributed by atoms with Gasteiger partial charge in [-0.3, -0.25) is 0 Å². The van der Waals surface area contributed by atoms with E-state index in [1.165, 1.54) is 5.56 Å². The van der Waals surface area contributed by atoms with Gasteiger partial charge in [0.25, 0.3) is 0 Å². The smallest absolute Gasteiger partial charge is 0.113 e. The Balaban J connectivity index is 1.97. The second kappa shape index (κ2) is 10.6. The Bertz CT molecular complexity index is 921. The first-order valence-electron chi connectivity index (χ1n) is 10.5. The van der Waals surface area contributed by atoms with Crippen LogP contribution < -0.4 is 0 Å². The van der Waals surface area contributed by atoms with Gasteiger partial charge in [-0.25, -0.2) is 0 Å². The van der Waals surface area contributed by atoms with Crippen LogP contribution in [0.5, 0.6) is 0 Å². The van der Waals surface area contributed by atoms with Crippen LogP contribution >= 0.6 is 11.6 Å². The van der Waals surface area contributed by atoms with Gasteiger partial charge in [-0.1, -0.05) is 54.8 Å². The van der Waals surface area contributed by atoms with Gasteiger partial charge < -0.3 is 24.8 Å². The summed E-state index contributed by atoms with van der Waals surface area (Å²) in [6, 6.07) is 12.0. The molecule has 2 aromatic carbocycles. The summed E-state index contributed by atoms with van der Waals surface area (Å²) in [5.74, 6) is 2.42. The van der Waals surface area contributed by atoms with Crippen LogP contribution in [0.15, 0.2) is 36.4 Å². The second-order valence-corrected chi connectivity index (χ2v) is 8.33. The summed E-state index contributed by atoms with van der Waals surface area (Å²) in [4.78, 5) is 0. The molecule has 2 aromatic rings. The molecule has 6 heteroatoms. The molecule has 0 aliphatic carbocycles. The van der Waals surface area contributed by atoms with Crippen LogP contribution in [0.2, 0.25) is 5.02 Å². The monoisotopic (exact) mass is 444 g/mol. The summed E-state index contributed by atoms with van der Waals surface area (Å²) >= 11 is 6.59. The van der Waals surface area contributed by atoms with Gasteiger partial charge in [0, 0.05) is 5.02 Å². The van der Waals surface area contributed by atoms with Crippen molar-refractivity contribution in [2.75, 3.05) is 6.61 Å². The average molecular weight is 445 g/mol. The van der Waals surface area contributed by atoms with Gasteiger partial charge >= 0.3 is 0 Å². The van der Waals surface area contributed by atoms with Crippen molar-refractivity contribution >= 4 is 11.6 Å². The van der Waals surface area contributed by atoms with E-state index in [9.17, 15) is 15.3 Å². The van der Waals surface area contributed by atoms with Crippen LogP contribution in [-0.4, -0.2) is 46.3 Å². The first-order chi connectivity index (χ1) is 14.8. The molecule has 2 unspecified atom stereocenters. The van der Waals surface area contributed by atoms with Crippen LogP contribution in [0.3, 0.4) is 0 Å². The third kappa shape index (κ3) is 5.48. The normalized spacial score (nSPS) is 25.9. The summed E-state index contributed by atoms with van der Waals surface area (Å²) in [5, 5.41) is 31.6. The van der Waals surface area contributed by atoms with Crippen molar-refractivity contribution in [2.45, 2.75) is 63.8 Å². The number of aryl methyl sites for hydroxylation is 1. The maximum absolute atomic E-state index is 10.6. The lowest BCUT2D eigenvalue weighted by molar-refractivity contribution is -0.219. The van der Waals surface area contributed by atoms with Crippen LogP contribution in [0.1, 0.15) is 47.8 Å². The molecule has 5 atom stereocenters. The molecule has 5 nitrogen and oxygen atoms in total. The fourth-order valence-electron chi connectivity index (χ4n) is 3.84. The Morgan fingerprint density at radius 1 is 1.03 bits per heavy atom. The molecule has 0 amide bonds. The second-order valence-electron chi connectivity index (χ2n) is 7.92. The molecule has 166 valence electrons. The molecule has 3 N–H and O–H groups in total. The maximum Gasteiger partial charge on any atom is 0.113 e. The van der Waals surface area contributed by atoms with Gasteiger partial charge in [0.1, 0.15) is 31.0 Å². The number of benzene rings is 2. The largest absolute Gasteiger partial charge is 0.388 e. The number of aliphatic hydroxyl groups excluding tert-OH is 3. The number of hydrogen-bond donors (Lipinski definition) is 3. The summed E-state index contributed by atoms with van der Waals surface area (Å²) in [6.07, 6.45) is 1.58. The Labute approximate surface area is 188 Å². The fourth-order valence-corrected chi connectivity index (χ4v) is 4.10. The summed E-state index contributed by atoms with van der Waals surface area (Å²) < 4.78 is 11.4. The van der Waals surface area contributed by atoms with E-state index in [2.05, 4.69) is 37.1 Å². The van der Waals surface area contributed by atoms with Crippen LogP contribution in [0.4, 0.5) is 0 Å². The van der Waals surface area contributed by atoms with Crippen molar-refractivity contribution in [1.82, 2.24) is 0 Å². The summed E-state index contributed by atoms with van der Waals surface area (Å²) in [7, 11) is 0. The average Bonchev–Trinajstić information content (AvgIpc) is 2.77. The van der Waals surface area contributed by atoms with Crippen molar-refractivity contribution in [1.29, 1.82) is 0 Å². The first kappa shape index (κ1) is 23.7. The predicted molar refractivity (Wildman–Crippen MR) is 120 cm³/mol. The van der Waals surface area contributed by atoms with E-state index in [0.717, 1.165) is 17.5 Å². The Kier molecular flexibility index (Phi) is 8.12. The molecule has 1 aliphatic heterocycles. The highest BCUT2D eigenvalue weighted by molar-refractivity contribution is 6.31. The lowest BCUT2D eigenvalue weighted by Crippen LogP contribution is -2.53. The zero-order chi connectivity index (χ0) is 22.5. The SMILES string of the molecule is C#CCOCc1cc(Cl)c(Cc2ccc(CC)cc2)cc1[C@H]1OC(C)C(O)[C@@H](O)[C@@H]1O. The van der Waals surface area contributed by atoms with Crippen molar-refractivity contribution in [3.63, 3.8) is 0 Å². The molecule has 0 aromatic heterocycles. The third-order valence-corrected chi connectivity index (χ3v) is 6.09. The van der Waals surface area contributed by atoms with E-state index in [1.54, 1.807) is 13.0 Å². The highest BCUT2D eigenvalue weighted by atomic mass is 35.5. The molecule has 31 heavy (non-hydrogen) atoms. The number of rotatable bonds is 7. The maximum atomic E-state index is 10.6. The Morgan fingerprint density at radius 3 is 2.35 bits per heavy atom. The Hall–Kier alpha value is -1.91. The number of hydrogen-bond acceptors (Lipinski definition) is 5. The van der Waals surface area contributed by atoms with E-state index < -0.39 is 30.5 Å². The lowest BCUT2D eigenvalue weighted by Gasteiger charge is -2.40. The quantitative estimate of drug-likeness (QED) is 0.451. The van der Waals surface area contributed by atoms with E-state index >= 15 is 0 Å². The summed E-state index contributed by atoms with van der Waals surface area (Å²) in [5.41, 5.74) is 4.61. The van der Waals surface area contributed by atoms with Crippen LogP contribution in [0.25, 0.3) is 0 Å². The zero-order valence-electron chi connectivity index (χ0n) is 17.8. The number of terminal acetylenes is 1. The van der Waals surface area contributed by atoms with E-state index in [1.807, 2.05) is 6.07 Å². The lowest BCUT2D eigenvalue weighted by atomic mass is 9.88. The topological polar surface area (TPSA) is 79.2 Å². The predicted octanol–water partition coefficient (Wildman–Crippen LogP) is 3.19. The van der Waals surface area contributed by atoms with Crippen molar-refractivity contribution in [2.24, 2.45) is 0 Å². The number of ether oxygens (including phenoxy) is 2. The minimum absolute atomic E-state index is 0.133. The van der Waals surface area contributed by atoms with Crippen molar-refractivity contribution in [3.05, 3.63) is 69.2 Å².